The van der Waals surface area contributed by atoms with E-state index in [-0.39, 0.29) is 5.69 Å². The molecule has 7 heteroatoms. The third-order valence-electron chi connectivity index (χ3n) is 2.05. The molecule has 0 amide bonds. The van der Waals surface area contributed by atoms with E-state index in [1.807, 2.05) is 0 Å². The molecule has 6 nitrogen and oxygen atoms in total. The molecule has 4 N–H and O–H groups in total. The van der Waals surface area contributed by atoms with Crippen LogP contribution in [0.25, 0.3) is 0 Å². The quantitative estimate of drug-likeness (QED) is 0.715. The standard InChI is InChI=1S/C9H12N2O4S/c1-6(9(12)13)7-4-2-3-5-8(7)11-16(10,14)15/h2-6,11H,1H3,(H,12,13)(H2,10,14,15). The van der Waals surface area contributed by atoms with Crippen molar-refractivity contribution in [1.29, 1.82) is 0 Å². The molecule has 0 heterocycles. The summed E-state index contributed by atoms with van der Waals surface area (Å²) in [6.07, 6.45) is 0. The van der Waals surface area contributed by atoms with E-state index in [1.54, 1.807) is 12.1 Å². The fraction of sp³-hybridized carbons (Fsp3) is 0.222. The van der Waals surface area contributed by atoms with E-state index in [0.717, 1.165) is 0 Å². The summed E-state index contributed by atoms with van der Waals surface area (Å²) in [5, 5.41) is 13.7. The maximum absolute atomic E-state index is 10.9. The van der Waals surface area contributed by atoms with Gasteiger partial charge in [-0.25, -0.2) is 5.14 Å². The number of rotatable bonds is 4. The number of hydrogen-bond acceptors (Lipinski definition) is 3. The first-order chi connectivity index (χ1) is 7.31. The summed E-state index contributed by atoms with van der Waals surface area (Å²) < 4.78 is 23.8. The first-order valence-corrected chi connectivity index (χ1v) is 5.98. The highest BCUT2D eigenvalue weighted by Gasteiger charge is 2.18. The molecule has 0 radical (unpaired) electrons. The number of aliphatic carboxylic acids is 1. The van der Waals surface area contributed by atoms with Gasteiger partial charge in [0, 0.05) is 0 Å². The molecule has 0 saturated heterocycles. The minimum absolute atomic E-state index is 0.180. The maximum atomic E-state index is 10.9. The lowest BCUT2D eigenvalue weighted by Gasteiger charge is -2.13. The van der Waals surface area contributed by atoms with Crippen LogP contribution in [0, 0.1) is 0 Å². The molecule has 0 aromatic heterocycles. The van der Waals surface area contributed by atoms with Crippen molar-refractivity contribution in [3.8, 4) is 0 Å². The average Bonchev–Trinajstić information content (AvgIpc) is 2.15. The molecular weight excluding hydrogens is 232 g/mol. The van der Waals surface area contributed by atoms with Crippen LogP contribution in [0.3, 0.4) is 0 Å². The highest BCUT2D eigenvalue weighted by atomic mass is 32.2. The van der Waals surface area contributed by atoms with Gasteiger partial charge in [0.15, 0.2) is 0 Å². The predicted molar refractivity (Wildman–Crippen MR) is 59.2 cm³/mol. The van der Waals surface area contributed by atoms with Gasteiger partial charge < -0.3 is 5.11 Å². The van der Waals surface area contributed by atoms with Gasteiger partial charge in [-0.05, 0) is 18.6 Å². The second-order valence-corrected chi connectivity index (χ2v) is 4.59. The van der Waals surface area contributed by atoms with Gasteiger partial charge in [-0.15, -0.1) is 0 Å². The van der Waals surface area contributed by atoms with E-state index in [0.29, 0.717) is 5.56 Å². The van der Waals surface area contributed by atoms with E-state index < -0.39 is 22.1 Å². The summed E-state index contributed by atoms with van der Waals surface area (Å²) in [4.78, 5) is 10.8. The molecule has 0 spiro atoms. The Kier molecular flexibility index (Phi) is 3.51. The lowest BCUT2D eigenvalue weighted by molar-refractivity contribution is -0.138. The SMILES string of the molecule is CC(C(=O)O)c1ccccc1NS(N)(=O)=O. The highest BCUT2D eigenvalue weighted by Crippen LogP contribution is 2.24. The van der Waals surface area contributed by atoms with Crippen molar-refractivity contribution >= 4 is 21.9 Å². The highest BCUT2D eigenvalue weighted by molar-refractivity contribution is 7.90. The van der Waals surface area contributed by atoms with E-state index in [4.69, 9.17) is 10.2 Å². The molecule has 0 aliphatic heterocycles. The van der Waals surface area contributed by atoms with Crippen LogP contribution in [-0.2, 0) is 15.0 Å². The summed E-state index contributed by atoms with van der Waals surface area (Å²) >= 11 is 0. The number of nitrogens with one attached hydrogen (secondary N) is 1. The Hall–Kier alpha value is -1.60. The van der Waals surface area contributed by atoms with Gasteiger partial charge in [0.05, 0.1) is 11.6 Å². The van der Waals surface area contributed by atoms with Crippen molar-refractivity contribution in [1.82, 2.24) is 0 Å². The number of carboxylic acid groups (broad SMARTS) is 1. The smallest absolute Gasteiger partial charge is 0.310 e. The van der Waals surface area contributed by atoms with Crippen molar-refractivity contribution in [2.24, 2.45) is 5.14 Å². The van der Waals surface area contributed by atoms with Crippen molar-refractivity contribution in [2.75, 3.05) is 4.72 Å². The molecule has 1 aromatic carbocycles. The predicted octanol–water partition coefficient (Wildman–Crippen LogP) is 0.490. The van der Waals surface area contributed by atoms with Crippen molar-refractivity contribution in [3.05, 3.63) is 29.8 Å². The Balaban J connectivity index is 3.15. The van der Waals surface area contributed by atoms with Crippen molar-refractivity contribution < 1.29 is 18.3 Å². The van der Waals surface area contributed by atoms with E-state index in [9.17, 15) is 13.2 Å². The van der Waals surface area contributed by atoms with Gasteiger partial charge in [0.1, 0.15) is 0 Å². The minimum atomic E-state index is -3.90. The molecule has 0 bridgehead atoms. The number of hydrogen-bond donors (Lipinski definition) is 3. The Labute approximate surface area is 93.3 Å². The molecule has 1 aromatic rings. The molecule has 0 saturated carbocycles. The van der Waals surface area contributed by atoms with Crippen LogP contribution in [0.4, 0.5) is 5.69 Å². The monoisotopic (exact) mass is 244 g/mol. The maximum Gasteiger partial charge on any atom is 0.310 e. The Morgan fingerprint density at radius 3 is 2.50 bits per heavy atom. The molecule has 88 valence electrons. The topological polar surface area (TPSA) is 109 Å². The van der Waals surface area contributed by atoms with Crippen LogP contribution in [0.15, 0.2) is 24.3 Å². The van der Waals surface area contributed by atoms with Crippen LogP contribution in [-0.4, -0.2) is 19.5 Å². The summed E-state index contributed by atoms with van der Waals surface area (Å²) in [6.45, 7) is 1.46. The molecule has 1 atom stereocenters. The first-order valence-electron chi connectivity index (χ1n) is 4.43. The normalized spacial score (nSPS) is 13.1. The van der Waals surface area contributed by atoms with E-state index in [1.165, 1.54) is 19.1 Å². The fourth-order valence-corrected chi connectivity index (χ4v) is 1.75. The van der Waals surface area contributed by atoms with Gasteiger partial charge in [0.25, 0.3) is 10.2 Å². The summed E-state index contributed by atoms with van der Waals surface area (Å²) in [6, 6.07) is 6.21. The zero-order chi connectivity index (χ0) is 12.3. The van der Waals surface area contributed by atoms with Gasteiger partial charge in [0.2, 0.25) is 0 Å². The van der Waals surface area contributed by atoms with Gasteiger partial charge in [-0.2, -0.15) is 8.42 Å². The van der Waals surface area contributed by atoms with Crippen molar-refractivity contribution in [3.63, 3.8) is 0 Å². The number of carboxylic acids is 1. The van der Waals surface area contributed by atoms with Crippen LogP contribution < -0.4 is 9.86 Å². The zero-order valence-corrected chi connectivity index (χ0v) is 9.36. The van der Waals surface area contributed by atoms with Gasteiger partial charge >= 0.3 is 5.97 Å². The van der Waals surface area contributed by atoms with Crippen molar-refractivity contribution in [2.45, 2.75) is 12.8 Å². The summed E-state index contributed by atoms with van der Waals surface area (Å²) in [5.74, 6) is -1.85. The van der Waals surface area contributed by atoms with Gasteiger partial charge in [-0.3, -0.25) is 9.52 Å². The molecular formula is C9H12N2O4S. The second-order valence-electron chi connectivity index (χ2n) is 3.29. The van der Waals surface area contributed by atoms with Crippen LogP contribution in [0.2, 0.25) is 0 Å². The van der Waals surface area contributed by atoms with Gasteiger partial charge in [-0.1, -0.05) is 18.2 Å². The fourth-order valence-electron chi connectivity index (χ4n) is 1.25. The van der Waals surface area contributed by atoms with Crippen LogP contribution >= 0.6 is 0 Å². The number of carbonyl (C=O) groups is 1. The lowest BCUT2D eigenvalue weighted by Crippen LogP contribution is -2.23. The number of benzene rings is 1. The molecule has 0 aliphatic rings. The Morgan fingerprint density at radius 2 is 2.00 bits per heavy atom. The first kappa shape index (κ1) is 12.5. The summed E-state index contributed by atoms with van der Waals surface area (Å²) in [7, 11) is -3.90. The lowest BCUT2D eigenvalue weighted by atomic mass is 10.00. The summed E-state index contributed by atoms with van der Waals surface area (Å²) in [5.41, 5.74) is 0.545. The third-order valence-corrected chi connectivity index (χ3v) is 2.55. The van der Waals surface area contributed by atoms with Crippen LogP contribution in [0.1, 0.15) is 18.4 Å². The second kappa shape index (κ2) is 4.50. The average molecular weight is 244 g/mol. The largest absolute Gasteiger partial charge is 0.481 e. The molecule has 0 aliphatic carbocycles. The number of para-hydroxylation sites is 1. The number of anilines is 1. The Bertz CT molecular complexity index is 498. The number of nitrogens with two attached hydrogens (primary N) is 1. The molecule has 0 fully saturated rings. The molecule has 1 rings (SSSR count). The Morgan fingerprint density at radius 1 is 1.44 bits per heavy atom. The van der Waals surface area contributed by atoms with E-state index >= 15 is 0 Å². The molecule has 1 unspecified atom stereocenters. The zero-order valence-electron chi connectivity index (χ0n) is 8.54. The van der Waals surface area contributed by atoms with Crippen LogP contribution in [0.5, 0.6) is 0 Å². The molecule has 16 heavy (non-hydrogen) atoms. The van der Waals surface area contributed by atoms with E-state index in [2.05, 4.69) is 4.72 Å². The minimum Gasteiger partial charge on any atom is -0.481 e. The third kappa shape index (κ3) is 3.21.